The lowest BCUT2D eigenvalue weighted by Gasteiger charge is -2.18. The summed E-state index contributed by atoms with van der Waals surface area (Å²) in [4.78, 5) is 21.0. The maximum absolute atomic E-state index is 11.8. The fourth-order valence-electron chi connectivity index (χ4n) is 1.03. The van der Waals surface area contributed by atoms with E-state index in [2.05, 4.69) is 17.9 Å². The van der Waals surface area contributed by atoms with Gasteiger partial charge in [0.05, 0.1) is 7.30 Å². The molecule has 6 atom stereocenters. The molecule has 0 saturated heterocycles. The van der Waals surface area contributed by atoms with E-state index in [1.165, 1.54) is 0 Å². The fourth-order valence-corrected chi connectivity index (χ4v) is 22.7. The van der Waals surface area contributed by atoms with E-state index in [4.69, 9.17) is 9.63 Å². The number of hydrogen-bond acceptors (Lipinski definition) is 3. The second kappa shape index (κ2) is 9.18. The molecule has 0 spiro atoms. The highest BCUT2D eigenvalue weighted by molar-refractivity contribution is 8.91. The molecule has 1 rings (SSSR count). The molecule has 0 aliphatic rings. The standard InChI is InChI=1S/C8H14O3P6/c9-8(16(15-12)17(13)14-10)11-6-7-4-2-1-3-5-7/h1-5,10,14-15H,6,12-13H2. The van der Waals surface area contributed by atoms with Crippen LogP contribution in [0.5, 0.6) is 0 Å². The Labute approximate surface area is 111 Å². The largest absolute Gasteiger partial charge is 0.457 e. The Bertz CT molecular complexity index is 348. The van der Waals surface area contributed by atoms with E-state index in [0.717, 1.165) is 5.56 Å². The van der Waals surface area contributed by atoms with Crippen molar-refractivity contribution in [1.29, 1.82) is 0 Å². The summed E-state index contributed by atoms with van der Waals surface area (Å²) < 4.78 is 5.28. The first-order chi connectivity index (χ1) is 8.19. The van der Waals surface area contributed by atoms with Crippen molar-refractivity contribution in [2.75, 3.05) is 0 Å². The summed E-state index contributed by atoms with van der Waals surface area (Å²) in [6, 6.07) is 9.62. The monoisotopic (exact) mass is 344 g/mol. The molecular weight excluding hydrogens is 330 g/mol. The molecule has 1 N–H and O–H groups in total. The predicted octanol–water partition coefficient (Wildman–Crippen LogP) is 4.88. The molecule has 0 aliphatic carbocycles. The van der Waals surface area contributed by atoms with Gasteiger partial charge in [-0.25, -0.2) is 4.79 Å². The van der Waals surface area contributed by atoms with Gasteiger partial charge in [0.2, 0.25) is 0 Å². The van der Waals surface area contributed by atoms with Gasteiger partial charge in [0.1, 0.15) is 6.61 Å². The Morgan fingerprint density at radius 2 is 2.06 bits per heavy atom. The first kappa shape index (κ1) is 16.3. The van der Waals surface area contributed by atoms with E-state index in [-0.39, 0.29) is 14.2 Å². The quantitative estimate of drug-likeness (QED) is 0.749. The third-order valence-electron chi connectivity index (χ3n) is 1.82. The molecule has 0 saturated carbocycles. The van der Waals surface area contributed by atoms with Crippen LogP contribution in [0.3, 0.4) is 0 Å². The van der Waals surface area contributed by atoms with Crippen LogP contribution in [0.25, 0.3) is 0 Å². The third kappa shape index (κ3) is 5.81. The van der Waals surface area contributed by atoms with Crippen LogP contribution in [0.2, 0.25) is 0 Å². The van der Waals surface area contributed by atoms with Crippen LogP contribution in [0, 0.1) is 0 Å². The molecule has 0 bridgehead atoms. The maximum Gasteiger partial charge on any atom is 0.336 e. The van der Waals surface area contributed by atoms with Crippen LogP contribution in [-0.2, 0) is 11.3 Å². The van der Waals surface area contributed by atoms with Crippen molar-refractivity contribution in [1.82, 2.24) is 0 Å². The first-order valence-corrected chi connectivity index (χ1v) is 15.0. The van der Waals surface area contributed by atoms with Gasteiger partial charge in [0, 0.05) is 15.5 Å². The molecule has 1 aromatic rings. The lowest BCUT2D eigenvalue weighted by molar-refractivity contribution is 0.168. The zero-order chi connectivity index (χ0) is 12.7. The van der Waals surface area contributed by atoms with E-state index < -0.39 is 14.3 Å². The Morgan fingerprint density at radius 3 is 2.59 bits per heavy atom. The molecular formula is C8H14O3P6. The van der Waals surface area contributed by atoms with Gasteiger partial charge in [-0.15, -0.1) is 8.93 Å². The van der Waals surface area contributed by atoms with E-state index in [1.807, 2.05) is 30.3 Å². The van der Waals surface area contributed by atoms with E-state index in [0.29, 0.717) is 14.6 Å². The average molecular weight is 344 g/mol. The molecule has 0 aromatic heterocycles. The summed E-state index contributed by atoms with van der Waals surface area (Å²) in [7, 11) is 4.60. The Hall–Kier alpha value is 1.23. The summed E-state index contributed by atoms with van der Waals surface area (Å²) in [6.45, 7) is -0.364. The van der Waals surface area contributed by atoms with E-state index in [9.17, 15) is 4.79 Å². The lowest BCUT2D eigenvalue weighted by Crippen LogP contribution is -1.97. The molecule has 0 fully saturated rings. The molecule has 3 nitrogen and oxygen atoms in total. The topological polar surface area (TPSA) is 46.5 Å². The lowest BCUT2D eigenvalue weighted by atomic mass is 10.2. The van der Waals surface area contributed by atoms with Gasteiger partial charge in [0.15, 0.2) is 0 Å². The van der Waals surface area contributed by atoms with Gasteiger partial charge in [-0.3, -0.25) is 0 Å². The van der Waals surface area contributed by atoms with Crippen LogP contribution in [0.1, 0.15) is 5.56 Å². The molecule has 17 heavy (non-hydrogen) atoms. The molecule has 0 aliphatic heterocycles. The van der Waals surface area contributed by atoms with Crippen LogP contribution in [0.4, 0.5) is 4.79 Å². The minimum atomic E-state index is -0.857. The minimum absolute atomic E-state index is 0.153. The maximum atomic E-state index is 11.8. The molecule has 0 radical (unpaired) electrons. The Balaban J connectivity index is 2.48. The van der Waals surface area contributed by atoms with Gasteiger partial charge in [-0.05, 0) is 5.56 Å². The van der Waals surface area contributed by atoms with Gasteiger partial charge in [-0.1, -0.05) is 47.2 Å². The molecule has 9 heteroatoms. The molecule has 1 aromatic carbocycles. The zero-order valence-corrected chi connectivity index (χ0v) is 15.0. The number of ether oxygens (including phenoxy) is 1. The second-order valence-corrected chi connectivity index (χ2v) is 20.7. The van der Waals surface area contributed by atoms with Crippen molar-refractivity contribution in [3.8, 4) is 0 Å². The summed E-state index contributed by atoms with van der Waals surface area (Å²) >= 11 is 0. The van der Waals surface area contributed by atoms with Gasteiger partial charge >= 0.3 is 5.71 Å². The summed E-state index contributed by atoms with van der Waals surface area (Å²) in [5, 5.41) is 0. The summed E-state index contributed by atoms with van der Waals surface area (Å²) in [5.41, 5.74) is 0.835. The van der Waals surface area contributed by atoms with Crippen LogP contribution in [-0.4, -0.2) is 10.6 Å². The molecule has 0 heterocycles. The number of carbonyl (C=O) groups excluding carboxylic acids is 1. The molecule has 6 unspecified atom stereocenters. The zero-order valence-electron chi connectivity index (χ0n) is 8.91. The van der Waals surface area contributed by atoms with Crippen LogP contribution >= 0.6 is 48.6 Å². The number of rotatable bonds is 6. The van der Waals surface area contributed by atoms with Crippen molar-refractivity contribution in [2.45, 2.75) is 6.61 Å². The third-order valence-corrected chi connectivity index (χ3v) is 23.7. The van der Waals surface area contributed by atoms with Gasteiger partial charge in [-0.2, -0.15) is 0 Å². The Kier molecular flexibility index (Phi) is 8.80. The average Bonchev–Trinajstić information content (AvgIpc) is 2.38. The summed E-state index contributed by atoms with van der Waals surface area (Å²) in [6.07, 6.45) is 0. The van der Waals surface area contributed by atoms with Crippen molar-refractivity contribution in [3.05, 3.63) is 35.9 Å². The van der Waals surface area contributed by atoms with Crippen molar-refractivity contribution >= 4 is 54.3 Å². The fraction of sp³-hybridized carbons (Fsp3) is 0.125. The minimum Gasteiger partial charge on any atom is -0.457 e. The number of benzene rings is 1. The molecule has 94 valence electrons. The van der Waals surface area contributed by atoms with Gasteiger partial charge in [0.25, 0.3) is 0 Å². The van der Waals surface area contributed by atoms with Crippen molar-refractivity contribution in [2.24, 2.45) is 0 Å². The second-order valence-electron chi connectivity index (χ2n) is 2.93. The molecule has 0 amide bonds. The highest BCUT2D eigenvalue weighted by Gasteiger charge is 2.24. The normalized spacial score (nSPS) is 15.5. The van der Waals surface area contributed by atoms with E-state index >= 15 is 0 Å². The van der Waals surface area contributed by atoms with Gasteiger partial charge < -0.3 is 9.63 Å². The van der Waals surface area contributed by atoms with E-state index in [1.54, 1.807) is 0 Å². The predicted molar refractivity (Wildman–Crippen MR) is 88.7 cm³/mol. The SMILES string of the molecule is O=C(OCc1ccccc1)P(PP)P(P)PO. The van der Waals surface area contributed by atoms with Crippen LogP contribution in [0.15, 0.2) is 30.3 Å². The Morgan fingerprint density at radius 1 is 1.41 bits per heavy atom. The first-order valence-electron chi connectivity index (χ1n) is 4.60. The van der Waals surface area contributed by atoms with Crippen molar-refractivity contribution in [3.63, 3.8) is 0 Å². The summed E-state index contributed by atoms with van der Waals surface area (Å²) in [5.74, 6) is 0. The van der Waals surface area contributed by atoms with Crippen LogP contribution < -0.4 is 0 Å². The highest BCUT2D eigenvalue weighted by Crippen LogP contribution is 2.91. The smallest absolute Gasteiger partial charge is 0.336 e. The number of carbonyl (C=O) groups is 1. The highest BCUT2D eigenvalue weighted by atomic mass is 32.9. The van der Waals surface area contributed by atoms with Crippen molar-refractivity contribution < 1.29 is 14.4 Å². The number of hydrogen-bond donors (Lipinski definition) is 1.